The summed E-state index contributed by atoms with van der Waals surface area (Å²) in [5.74, 6) is -3.72. The van der Waals surface area contributed by atoms with E-state index in [4.69, 9.17) is 9.47 Å². The Morgan fingerprint density at radius 1 is 1.00 bits per heavy atom. The molecule has 0 radical (unpaired) electrons. The molecule has 0 aromatic heterocycles. The predicted octanol–water partition coefficient (Wildman–Crippen LogP) is 3.05. The Morgan fingerprint density at radius 2 is 1.64 bits per heavy atom. The van der Waals surface area contributed by atoms with Crippen LogP contribution >= 0.6 is 0 Å². The van der Waals surface area contributed by atoms with Gasteiger partial charge in [-0.15, -0.1) is 0 Å². The molecule has 36 heavy (non-hydrogen) atoms. The summed E-state index contributed by atoms with van der Waals surface area (Å²) < 4.78 is 11.3. The van der Waals surface area contributed by atoms with Crippen LogP contribution in [-0.4, -0.2) is 52.7 Å². The van der Waals surface area contributed by atoms with Gasteiger partial charge in [0.1, 0.15) is 6.04 Å². The van der Waals surface area contributed by atoms with Crippen molar-refractivity contribution in [3.63, 3.8) is 0 Å². The van der Waals surface area contributed by atoms with E-state index in [0.717, 1.165) is 28.5 Å². The van der Waals surface area contributed by atoms with Crippen molar-refractivity contribution >= 4 is 28.5 Å². The molecule has 0 saturated carbocycles. The lowest BCUT2D eigenvalue weighted by Gasteiger charge is -2.47. The normalized spacial score (nSPS) is 19.6. The van der Waals surface area contributed by atoms with Crippen molar-refractivity contribution in [3.05, 3.63) is 94.6 Å². The van der Waals surface area contributed by atoms with E-state index < -0.39 is 28.9 Å². The van der Waals surface area contributed by atoms with Crippen molar-refractivity contribution in [3.8, 4) is 11.1 Å². The van der Waals surface area contributed by atoms with Crippen molar-refractivity contribution in [1.29, 1.82) is 0 Å². The van der Waals surface area contributed by atoms with E-state index >= 15 is 0 Å². The van der Waals surface area contributed by atoms with Crippen LogP contribution in [0.2, 0.25) is 0 Å². The van der Waals surface area contributed by atoms with Crippen LogP contribution in [0.25, 0.3) is 21.9 Å². The third-order valence-electron chi connectivity index (χ3n) is 6.24. The molecule has 1 spiro atoms. The van der Waals surface area contributed by atoms with Crippen LogP contribution in [0.4, 0.5) is 0 Å². The van der Waals surface area contributed by atoms with Crippen LogP contribution in [0, 0.1) is 10.1 Å². The van der Waals surface area contributed by atoms with Crippen molar-refractivity contribution in [2.24, 2.45) is 5.10 Å². The Labute approximate surface area is 205 Å². The van der Waals surface area contributed by atoms with Crippen molar-refractivity contribution < 1.29 is 24.1 Å². The molecule has 1 saturated heterocycles. The molecule has 0 amide bonds. The number of amidine groups is 1. The van der Waals surface area contributed by atoms with E-state index in [0.29, 0.717) is 17.7 Å². The average Bonchev–Trinajstić information content (AvgIpc) is 3.02. The number of fused-ring (bicyclic) bond motifs is 1. The second kappa shape index (κ2) is 9.23. The molecule has 1 fully saturated rings. The van der Waals surface area contributed by atoms with E-state index in [-0.39, 0.29) is 12.4 Å². The van der Waals surface area contributed by atoms with Crippen LogP contribution in [0.1, 0.15) is 12.5 Å². The molecule has 1 N–H and O–H groups in total. The zero-order valence-electron chi connectivity index (χ0n) is 19.3. The summed E-state index contributed by atoms with van der Waals surface area (Å²) in [6, 6.07) is 20.0. The maximum Gasteiger partial charge on any atom is 0.360 e. The fourth-order valence-corrected chi connectivity index (χ4v) is 4.67. The number of piperazine rings is 1. The first-order chi connectivity index (χ1) is 17.4. The minimum absolute atomic E-state index is 0.0978. The molecule has 3 aromatic carbocycles. The second-order valence-electron chi connectivity index (χ2n) is 8.37. The number of carbonyl (C=O) groups is 2. The van der Waals surface area contributed by atoms with Gasteiger partial charge in [0.15, 0.2) is 5.03 Å². The molecule has 1 unspecified atom stereocenters. The molecule has 0 bridgehead atoms. The minimum Gasteiger partial charge on any atom is -0.399 e. The fraction of sp³-hybridized carbons (Fsp3) is 0.192. The van der Waals surface area contributed by atoms with Gasteiger partial charge in [-0.1, -0.05) is 66.7 Å². The van der Waals surface area contributed by atoms with E-state index in [1.54, 1.807) is 19.1 Å². The molecule has 3 aromatic rings. The summed E-state index contributed by atoms with van der Waals surface area (Å²) in [5.41, 5.74) is 1.94. The average molecular weight is 486 g/mol. The highest BCUT2D eigenvalue weighted by molar-refractivity contribution is 6.08. The van der Waals surface area contributed by atoms with E-state index in [1.165, 1.54) is 4.90 Å². The number of nitrogens with one attached hydrogen (secondary N) is 1. The Morgan fingerprint density at radius 3 is 2.39 bits per heavy atom. The van der Waals surface area contributed by atoms with Gasteiger partial charge >= 0.3 is 17.8 Å². The first-order valence-electron chi connectivity index (χ1n) is 11.3. The summed E-state index contributed by atoms with van der Waals surface area (Å²) in [4.78, 5) is 38.0. The van der Waals surface area contributed by atoms with E-state index in [1.807, 2.05) is 54.6 Å². The maximum atomic E-state index is 12.4. The third kappa shape index (κ3) is 4.07. The molecular formula is C26H22N4O6. The molecular weight excluding hydrogens is 464 g/mol. The molecule has 10 heteroatoms. The first kappa shape index (κ1) is 23.2. The zero-order valence-corrected chi connectivity index (χ0v) is 19.3. The van der Waals surface area contributed by atoms with Gasteiger partial charge in [-0.05, 0) is 28.8 Å². The summed E-state index contributed by atoms with van der Waals surface area (Å²) in [6.45, 7) is 2.15. The monoisotopic (exact) mass is 486 g/mol. The minimum atomic E-state index is -1.99. The number of nitro groups is 1. The van der Waals surface area contributed by atoms with Crippen LogP contribution < -0.4 is 5.32 Å². The Kier molecular flexibility index (Phi) is 5.95. The van der Waals surface area contributed by atoms with Crippen LogP contribution in [0.5, 0.6) is 0 Å². The quantitative estimate of drug-likeness (QED) is 0.197. The number of rotatable bonds is 3. The van der Waals surface area contributed by atoms with Gasteiger partial charge in [-0.25, -0.2) is 19.7 Å². The van der Waals surface area contributed by atoms with Crippen LogP contribution in [0.3, 0.4) is 0 Å². The van der Waals surface area contributed by atoms with Gasteiger partial charge < -0.3 is 14.8 Å². The van der Waals surface area contributed by atoms with Crippen molar-refractivity contribution in [1.82, 2.24) is 10.2 Å². The summed E-state index contributed by atoms with van der Waals surface area (Å²) in [5, 5.41) is 19.8. The molecule has 2 heterocycles. The van der Waals surface area contributed by atoms with Crippen molar-refractivity contribution in [2.75, 3.05) is 13.1 Å². The first-order valence-corrected chi connectivity index (χ1v) is 11.3. The molecule has 10 nitrogen and oxygen atoms in total. The number of hydrogen-bond acceptors (Lipinski definition) is 7. The standard InChI is InChI=1S/C26H22N4O6/c1-17-26(35-23(31)13-14-24(32)36-26)29(16-15-27-17)25(28-30(33)34)22-11-5-4-10-21(22)20-12-6-8-18-7-2-3-9-19(18)20/h2-14,17,27H,15-16H2,1H3/b28-25-. The Hall–Kier alpha value is -4.57. The third-order valence-corrected chi connectivity index (χ3v) is 6.24. The highest BCUT2D eigenvalue weighted by atomic mass is 16.8. The number of nitrogens with zero attached hydrogens (tertiary/aromatic N) is 3. The van der Waals surface area contributed by atoms with Gasteiger partial charge in [0.2, 0.25) is 5.84 Å². The van der Waals surface area contributed by atoms with Gasteiger partial charge in [-0.3, -0.25) is 4.90 Å². The molecule has 182 valence electrons. The number of benzene rings is 3. The maximum absolute atomic E-state index is 12.4. The van der Waals surface area contributed by atoms with Gasteiger partial charge in [0.05, 0.1) is 5.10 Å². The smallest absolute Gasteiger partial charge is 0.360 e. The van der Waals surface area contributed by atoms with E-state index in [9.17, 15) is 19.7 Å². The SMILES string of the molecule is CC1NCCN(/C(=N\[N+](=O)[O-])c2ccccc2-c2cccc3ccccc23)C12OC(=O)C=CC(=O)O2. The van der Waals surface area contributed by atoms with Gasteiger partial charge in [-0.2, -0.15) is 0 Å². The van der Waals surface area contributed by atoms with Crippen molar-refractivity contribution in [2.45, 2.75) is 18.9 Å². The number of hydrazone groups is 1. The van der Waals surface area contributed by atoms with Crippen LogP contribution in [0.15, 0.2) is 84.0 Å². The molecule has 1 atom stereocenters. The fourth-order valence-electron chi connectivity index (χ4n) is 4.67. The molecule has 2 aliphatic heterocycles. The topological polar surface area (TPSA) is 123 Å². The molecule has 0 aliphatic carbocycles. The lowest BCUT2D eigenvalue weighted by Crippen LogP contribution is -2.71. The highest BCUT2D eigenvalue weighted by Gasteiger charge is 2.55. The van der Waals surface area contributed by atoms with Gasteiger partial charge in [0, 0.05) is 30.8 Å². The highest BCUT2D eigenvalue weighted by Crippen LogP contribution is 2.35. The number of carbonyl (C=O) groups excluding carboxylic acids is 2. The molecule has 2 aliphatic rings. The lowest BCUT2D eigenvalue weighted by atomic mass is 9.93. The Bertz CT molecular complexity index is 1410. The van der Waals surface area contributed by atoms with Crippen LogP contribution in [-0.2, 0) is 19.1 Å². The summed E-state index contributed by atoms with van der Waals surface area (Å²) in [6.07, 6.45) is 1.93. The largest absolute Gasteiger partial charge is 0.399 e. The number of hydrogen-bond donors (Lipinski definition) is 1. The van der Waals surface area contributed by atoms with Gasteiger partial charge in [0.25, 0.3) is 0 Å². The van der Waals surface area contributed by atoms with E-state index in [2.05, 4.69) is 10.4 Å². The zero-order chi connectivity index (χ0) is 25.3. The number of ether oxygens (including phenoxy) is 2. The molecule has 5 rings (SSSR count). The second-order valence-corrected chi connectivity index (χ2v) is 8.37. The predicted molar refractivity (Wildman–Crippen MR) is 131 cm³/mol. The number of esters is 2. The lowest BCUT2D eigenvalue weighted by molar-refractivity contribution is -0.486. The Balaban J connectivity index is 1.73. The summed E-state index contributed by atoms with van der Waals surface area (Å²) >= 11 is 0. The summed E-state index contributed by atoms with van der Waals surface area (Å²) in [7, 11) is 0.